The third kappa shape index (κ3) is 1.64. The molecule has 0 heterocycles. The third-order valence-electron chi connectivity index (χ3n) is 2.65. The first-order chi connectivity index (χ1) is 7.22. The van der Waals surface area contributed by atoms with Crippen LogP contribution in [0.5, 0.6) is 5.75 Å². The van der Waals surface area contributed by atoms with Crippen LogP contribution >= 0.6 is 0 Å². The molecule has 1 fully saturated rings. The molecule has 3 nitrogen and oxygen atoms in total. The number of rotatable bonds is 3. The SMILES string of the molecule is COc1cc(F)ccc1C1(N=C=O)CC1. The predicted molar refractivity (Wildman–Crippen MR) is 52.0 cm³/mol. The van der Waals surface area contributed by atoms with Crippen molar-refractivity contribution in [1.29, 1.82) is 0 Å². The van der Waals surface area contributed by atoms with Gasteiger partial charge < -0.3 is 4.74 Å². The molecule has 0 atom stereocenters. The van der Waals surface area contributed by atoms with E-state index in [0.29, 0.717) is 5.75 Å². The maximum Gasteiger partial charge on any atom is 0.235 e. The number of ether oxygens (including phenoxy) is 1. The van der Waals surface area contributed by atoms with E-state index in [0.717, 1.165) is 18.4 Å². The fourth-order valence-electron chi connectivity index (χ4n) is 1.70. The lowest BCUT2D eigenvalue weighted by atomic mass is 10.0. The summed E-state index contributed by atoms with van der Waals surface area (Å²) >= 11 is 0. The number of nitrogens with zero attached hydrogens (tertiary/aromatic N) is 1. The molecular formula is C11H10FNO2. The predicted octanol–water partition coefficient (Wildman–Crippen LogP) is 2.16. The van der Waals surface area contributed by atoms with Gasteiger partial charge in [-0.15, -0.1) is 0 Å². The number of hydrogen-bond donors (Lipinski definition) is 0. The Morgan fingerprint density at radius 3 is 2.80 bits per heavy atom. The highest BCUT2D eigenvalue weighted by molar-refractivity contribution is 5.47. The van der Waals surface area contributed by atoms with Gasteiger partial charge in [0.1, 0.15) is 17.1 Å². The zero-order valence-electron chi connectivity index (χ0n) is 8.29. The molecule has 1 aliphatic carbocycles. The molecule has 1 saturated carbocycles. The van der Waals surface area contributed by atoms with Crippen LogP contribution in [0.3, 0.4) is 0 Å². The molecule has 1 aliphatic rings. The molecule has 0 bridgehead atoms. The molecule has 15 heavy (non-hydrogen) atoms. The molecule has 1 aromatic carbocycles. The van der Waals surface area contributed by atoms with Crippen LogP contribution in [0.15, 0.2) is 23.2 Å². The summed E-state index contributed by atoms with van der Waals surface area (Å²) in [7, 11) is 1.47. The van der Waals surface area contributed by atoms with Gasteiger partial charge in [0.05, 0.1) is 7.11 Å². The Bertz CT molecular complexity index is 434. The highest BCUT2D eigenvalue weighted by Crippen LogP contribution is 2.52. The first-order valence-electron chi connectivity index (χ1n) is 4.65. The van der Waals surface area contributed by atoms with Crippen molar-refractivity contribution in [2.75, 3.05) is 7.11 Å². The standard InChI is InChI=1S/C11H10FNO2/c1-15-10-6-8(12)2-3-9(10)11(4-5-11)13-7-14/h2-3,6H,4-5H2,1H3. The molecule has 0 amide bonds. The molecule has 0 saturated heterocycles. The quantitative estimate of drug-likeness (QED) is 0.562. The van der Waals surface area contributed by atoms with E-state index in [1.165, 1.54) is 19.2 Å². The smallest absolute Gasteiger partial charge is 0.235 e. The summed E-state index contributed by atoms with van der Waals surface area (Å²) in [5, 5.41) is 0. The minimum Gasteiger partial charge on any atom is -0.496 e. The zero-order valence-corrected chi connectivity index (χ0v) is 8.29. The van der Waals surface area contributed by atoms with Crippen molar-refractivity contribution in [3.05, 3.63) is 29.6 Å². The fourth-order valence-corrected chi connectivity index (χ4v) is 1.70. The molecule has 0 aliphatic heterocycles. The number of carbonyl (C=O) groups excluding carboxylic acids is 1. The van der Waals surface area contributed by atoms with E-state index in [1.54, 1.807) is 12.1 Å². The number of isocyanates is 1. The second-order valence-electron chi connectivity index (χ2n) is 3.58. The first-order valence-corrected chi connectivity index (χ1v) is 4.65. The molecule has 1 aromatic rings. The van der Waals surface area contributed by atoms with Gasteiger partial charge >= 0.3 is 0 Å². The monoisotopic (exact) mass is 207 g/mol. The summed E-state index contributed by atoms with van der Waals surface area (Å²) in [6.07, 6.45) is 3.12. The van der Waals surface area contributed by atoms with Crippen molar-refractivity contribution in [3.8, 4) is 5.75 Å². The molecule has 0 unspecified atom stereocenters. The number of benzene rings is 1. The third-order valence-corrected chi connectivity index (χ3v) is 2.65. The summed E-state index contributed by atoms with van der Waals surface area (Å²) in [5.74, 6) is 0.0768. The van der Waals surface area contributed by atoms with E-state index < -0.39 is 5.54 Å². The molecular weight excluding hydrogens is 197 g/mol. The molecule has 0 aromatic heterocycles. The Morgan fingerprint density at radius 2 is 2.27 bits per heavy atom. The lowest BCUT2D eigenvalue weighted by Gasteiger charge is -2.12. The van der Waals surface area contributed by atoms with Crippen molar-refractivity contribution in [2.45, 2.75) is 18.4 Å². The summed E-state index contributed by atoms with van der Waals surface area (Å²) < 4.78 is 18.0. The maximum atomic E-state index is 12.9. The van der Waals surface area contributed by atoms with Crippen LogP contribution in [0.1, 0.15) is 18.4 Å². The van der Waals surface area contributed by atoms with Gasteiger partial charge in [0.2, 0.25) is 6.08 Å². The van der Waals surface area contributed by atoms with Crippen molar-refractivity contribution < 1.29 is 13.9 Å². The first kappa shape index (κ1) is 9.87. The van der Waals surface area contributed by atoms with Crippen LogP contribution in [-0.4, -0.2) is 13.2 Å². The maximum absolute atomic E-state index is 12.9. The second kappa shape index (κ2) is 3.48. The Morgan fingerprint density at radius 1 is 1.53 bits per heavy atom. The molecule has 0 N–H and O–H groups in total. The molecule has 4 heteroatoms. The van der Waals surface area contributed by atoms with Crippen LogP contribution in [0.4, 0.5) is 4.39 Å². The van der Waals surface area contributed by atoms with Gasteiger partial charge in [-0.05, 0) is 25.0 Å². The minimum atomic E-state index is -0.513. The van der Waals surface area contributed by atoms with Crippen molar-refractivity contribution in [2.24, 2.45) is 4.99 Å². The zero-order chi connectivity index (χ0) is 10.9. The number of aliphatic imine (C=N–C) groups is 1. The summed E-state index contributed by atoms with van der Waals surface area (Å²) in [6, 6.07) is 4.26. The average Bonchev–Trinajstić information content (AvgIpc) is 2.99. The molecule has 78 valence electrons. The van der Waals surface area contributed by atoms with Gasteiger partial charge in [0.15, 0.2) is 0 Å². The topological polar surface area (TPSA) is 38.7 Å². The van der Waals surface area contributed by atoms with Gasteiger partial charge in [0, 0.05) is 11.6 Å². The van der Waals surface area contributed by atoms with E-state index in [1.807, 2.05) is 0 Å². The van der Waals surface area contributed by atoms with E-state index in [9.17, 15) is 9.18 Å². The Kier molecular flexibility index (Phi) is 2.29. The molecule has 0 spiro atoms. The van der Waals surface area contributed by atoms with Gasteiger partial charge in [-0.2, -0.15) is 4.99 Å². The van der Waals surface area contributed by atoms with Gasteiger partial charge in [0.25, 0.3) is 0 Å². The summed E-state index contributed by atoms with van der Waals surface area (Å²) in [4.78, 5) is 14.1. The largest absolute Gasteiger partial charge is 0.496 e. The lowest BCUT2D eigenvalue weighted by Crippen LogP contribution is -2.05. The van der Waals surface area contributed by atoms with Gasteiger partial charge in [-0.1, -0.05) is 0 Å². The van der Waals surface area contributed by atoms with E-state index >= 15 is 0 Å². The van der Waals surface area contributed by atoms with E-state index in [2.05, 4.69) is 4.99 Å². The van der Waals surface area contributed by atoms with E-state index in [4.69, 9.17) is 4.74 Å². The average molecular weight is 207 g/mol. The van der Waals surface area contributed by atoms with Gasteiger partial charge in [-0.3, -0.25) is 0 Å². The summed E-state index contributed by atoms with van der Waals surface area (Å²) in [6.45, 7) is 0. The Hall–Kier alpha value is -1.67. The summed E-state index contributed by atoms with van der Waals surface area (Å²) in [5.41, 5.74) is 0.246. The molecule has 0 radical (unpaired) electrons. The lowest BCUT2D eigenvalue weighted by molar-refractivity contribution is 0.401. The van der Waals surface area contributed by atoms with Crippen LogP contribution in [0, 0.1) is 5.82 Å². The van der Waals surface area contributed by atoms with E-state index in [-0.39, 0.29) is 5.82 Å². The molecule has 2 rings (SSSR count). The Balaban J connectivity index is 2.48. The van der Waals surface area contributed by atoms with Crippen molar-refractivity contribution >= 4 is 6.08 Å². The highest BCUT2D eigenvalue weighted by Gasteiger charge is 2.46. The number of halogens is 1. The minimum absolute atomic E-state index is 0.360. The normalized spacial score (nSPS) is 16.7. The van der Waals surface area contributed by atoms with Crippen molar-refractivity contribution in [1.82, 2.24) is 0 Å². The highest BCUT2D eigenvalue weighted by atomic mass is 19.1. The number of methoxy groups -OCH3 is 1. The van der Waals surface area contributed by atoms with Crippen LogP contribution < -0.4 is 4.74 Å². The van der Waals surface area contributed by atoms with Crippen LogP contribution in [-0.2, 0) is 10.3 Å². The van der Waals surface area contributed by atoms with Gasteiger partial charge in [-0.25, -0.2) is 9.18 Å². The van der Waals surface area contributed by atoms with Crippen LogP contribution in [0.2, 0.25) is 0 Å². The van der Waals surface area contributed by atoms with Crippen molar-refractivity contribution in [3.63, 3.8) is 0 Å². The fraction of sp³-hybridized carbons (Fsp3) is 0.364. The Labute approximate surface area is 86.6 Å². The number of hydrogen-bond acceptors (Lipinski definition) is 3. The second-order valence-corrected chi connectivity index (χ2v) is 3.58. The van der Waals surface area contributed by atoms with Crippen LogP contribution in [0.25, 0.3) is 0 Å².